The van der Waals surface area contributed by atoms with Gasteiger partial charge in [0, 0.05) is 35.4 Å². The zero-order chi connectivity index (χ0) is 26.8. The van der Waals surface area contributed by atoms with Gasteiger partial charge in [-0.3, -0.25) is 9.59 Å². The molecule has 10 heteroatoms. The Balaban J connectivity index is 1.41. The van der Waals surface area contributed by atoms with E-state index in [1.165, 1.54) is 23.0 Å². The Morgan fingerprint density at radius 3 is 2.63 bits per heavy atom. The number of pyridine rings is 1. The summed E-state index contributed by atoms with van der Waals surface area (Å²) in [5.41, 5.74) is 2.84. The molecule has 0 bridgehead atoms. The molecule has 1 aliphatic rings. The normalized spacial score (nSPS) is 12.3. The number of carbonyl (C=O) groups is 2. The monoisotopic (exact) mass is 534 g/mol. The van der Waals surface area contributed by atoms with E-state index >= 15 is 0 Å². The number of methoxy groups -OCH3 is 2. The van der Waals surface area contributed by atoms with Crippen molar-refractivity contribution in [3.05, 3.63) is 69.3 Å². The van der Waals surface area contributed by atoms with E-state index in [9.17, 15) is 14.4 Å². The van der Waals surface area contributed by atoms with Crippen LogP contribution in [0, 0.1) is 6.92 Å². The molecular formula is C28H26N2O7S. The Bertz CT molecular complexity index is 1610. The van der Waals surface area contributed by atoms with Crippen LogP contribution in [0.25, 0.3) is 22.0 Å². The maximum atomic E-state index is 13.0. The Kier molecular flexibility index (Phi) is 7.06. The molecule has 0 spiro atoms. The van der Waals surface area contributed by atoms with Crippen molar-refractivity contribution in [3.63, 3.8) is 0 Å². The number of esters is 1. The summed E-state index contributed by atoms with van der Waals surface area (Å²) in [7, 11) is 2.84. The molecule has 2 aromatic heterocycles. The lowest BCUT2D eigenvalue weighted by Gasteiger charge is -2.19. The second-order valence-electron chi connectivity index (χ2n) is 8.68. The SMILES string of the molecule is COC(=O)c1c(-c2ccc3c(c2)OCCO3)csc1NC(=O)CCn1c(=O)cc(C)c2cccc(OC)c21. The number of para-hydroxylation sites is 1. The van der Waals surface area contributed by atoms with Gasteiger partial charge in [0.05, 0.1) is 19.7 Å². The molecule has 1 N–H and O–H groups in total. The van der Waals surface area contributed by atoms with Gasteiger partial charge >= 0.3 is 5.97 Å². The van der Waals surface area contributed by atoms with Gasteiger partial charge in [-0.05, 0) is 36.2 Å². The van der Waals surface area contributed by atoms with E-state index in [1.807, 2.05) is 25.1 Å². The number of ether oxygens (including phenoxy) is 4. The third-order valence-electron chi connectivity index (χ3n) is 6.37. The highest BCUT2D eigenvalue weighted by Crippen LogP contribution is 2.40. The van der Waals surface area contributed by atoms with Crippen LogP contribution < -0.4 is 25.1 Å². The van der Waals surface area contributed by atoms with Gasteiger partial charge in [-0.2, -0.15) is 0 Å². The zero-order valence-electron chi connectivity index (χ0n) is 21.2. The topological polar surface area (TPSA) is 105 Å². The quantitative estimate of drug-likeness (QED) is 0.345. The Morgan fingerprint density at radius 1 is 1.08 bits per heavy atom. The van der Waals surface area contributed by atoms with E-state index in [1.54, 1.807) is 36.8 Å². The van der Waals surface area contributed by atoms with Gasteiger partial charge in [0.1, 0.15) is 29.5 Å². The van der Waals surface area contributed by atoms with Crippen LogP contribution in [0.5, 0.6) is 17.2 Å². The number of nitrogens with zero attached hydrogens (tertiary/aromatic N) is 1. The number of fused-ring (bicyclic) bond motifs is 2. The van der Waals surface area contributed by atoms with Crippen molar-refractivity contribution in [3.8, 4) is 28.4 Å². The van der Waals surface area contributed by atoms with Crippen molar-refractivity contribution in [2.75, 3.05) is 32.8 Å². The molecule has 196 valence electrons. The number of amides is 1. The Labute approximate surface area is 222 Å². The van der Waals surface area contributed by atoms with E-state index in [-0.39, 0.29) is 30.0 Å². The van der Waals surface area contributed by atoms with Crippen LogP contribution in [0.15, 0.2) is 52.6 Å². The van der Waals surface area contributed by atoms with Gasteiger partial charge in [0.25, 0.3) is 5.56 Å². The van der Waals surface area contributed by atoms with Crippen LogP contribution in [0.2, 0.25) is 0 Å². The van der Waals surface area contributed by atoms with E-state index in [2.05, 4.69) is 5.32 Å². The molecule has 0 fully saturated rings. The van der Waals surface area contributed by atoms with Gasteiger partial charge in [0.2, 0.25) is 5.91 Å². The molecule has 9 nitrogen and oxygen atoms in total. The molecule has 0 unspecified atom stereocenters. The van der Waals surface area contributed by atoms with Crippen LogP contribution in [-0.2, 0) is 16.1 Å². The molecule has 1 amide bonds. The van der Waals surface area contributed by atoms with Crippen molar-refractivity contribution < 1.29 is 28.5 Å². The van der Waals surface area contributed by atoms with E-state index < -0.39 is 5.97 Å². The number of rotatable bonds is 7. The fraction of sp³-hybridized carbons (Fsp3) is 0.250. The van der Waals surface area contributed by atoms with Crippen LogP contribution in [0.3, 0.4) is 0 Å². The van der Waals surface area contributed by atoms with Crippen molar-refractivity contribution >= 4 is 39.1 Å². The predicted molar refractivity (Wildman–Crippen MR) is 145 cm³/mol. The summed E-state index contributed by atoms with van der Waals surface area (Å²) in [5, 5.41) is 5.86. The van der Waals surface area contributed by atoms with Gasteiger partial charge < -0.3 is 28.8 Å². The first-order valence-electron chi connectivity index (χ1n) is 12.0. The lowest BCUT2D eigenvalue weighted by atomic mass is 10.0. The first kappa shape index (κ1) is 25.3. The molecule has 4 aromatic rings. The predicted octanol–water partition coefficient (Wildman–Crippen LogP) is 4.63. The van der Waals surface area contributed by atoms with Gasteiger partial charge in [-0.1, -0.05) is 18.2 Å². The smallest absolute Gasteiger partial charge is 0.341 e. The Hall–Kier alpha value is -4.31. The number of hydrogen-bond donors (Lipinski definition) is 1. The van der Waals surface area contributed by atoms with Gasteiger partial charge in [-0.25, -0.2) is 4.79 Å². The average Bonchev–Trinajstić information content (AvgIpc) is 3.35. The maximum absolute atomic E-state index is 13.0. The summed E-state index contributed by atoms with van der Waals surface area (Å²) >= 11 is 1.22. The minimum atomic E-state index is -0.572. The van der Waals surface area contributed by atoms with Crippen molar-refractivity contribution in [2.24, 2.45) is 0 Å². The third-order valence-corrected chi connectivity index (χ3v) is 7.26. The summed E-state index contributed by atoms with van der Waals surface area (Å²) in [6, 6.07) is 12.5. The van der Waals surface area contributed by atoms with Crippen LogP contribution >= 0.6 is 11.3 Å². The minimum Gasteiger partial charge on any atom is -0.495 e. The molecular weight excluding hydrogens is 508 g/mol. The summed E-state index contributed by atoms with van der Waals surface area (Å²) in [4.78, 5) is 38.6. The standard InChI is InChI=1S/C28H26N2O7S/c1-16-13-24(32)30(26-18(16)5-4-6-21(26)34-2)10-9-23(31)29-27-25(28(33)35-3)19(15-38-27)17-7-8-20-22(14-17)37-12-11-36-20/h4-8,13-15H,9-12H2,1-3H3,(H,29,31). The summed E-state index contributed by atoms with van der Waals surface area (Å²) in [6.45, 7) is 2.92. The average molecular weight is 535 g/mol. The number of anilines is 1. The Morgan fingerprint density at radius 2 is 1.87 bits per heavy atom. The molecule has 5 rings (SSSR count). The summed E-state index contributed by atoms with van der Waals surface area (Å²) in [5.74, 6) is 0.864. The highest BCUT2D eigenvalue weighted by molar-refractivity contribution is 7.15. The molecule has 1 aliphatic heterocycles. The second-order valence-corrected chi connectivity index (χ2v) is 9.56. The van der Waals surface area contributed by atoms with Gasteiger partial charge in [0.15, 0.2) is 11.5 Å². The van der Waals surface area contributed by atoms with Crippen LogP contribution in [-0.4, -0.2) is 43.9 Å². The molecule has 0 aliphatic carbocycles. The van der Waals surface area contributed by atoms with Crippen LogP contribution in [0.4, 0.5) is 5.00 Å². The highest BCUT2D eigenvalue weighted by atomic mass is 32.1. The number of thiophene rings is 1. The number of carbonyl (C=O) groups excluding carboxylic acids is 2. The third kappa shape index (κ3) is 4.70. The number of nitrogens with one attached hydrogen (secondary N) is 1. The number of aryl methyl sites for hydroxylation is 2. The molecule has 3 heterocycles. The van der Waals surface area contributed by atoms with Crippen molar-refractivity contribution in [2.45, 2.75) is 19.9 Å². The molecule has 0 saturated heterocycles. The maximum Gasteiger partial charge on any atom is 0.341 e. The first-order valence-corrected chi connectivity index (χ1v) is 12.9. The fourth-order valence-electron chi connectivity index (χ4n) is 4.54. The van der Waals surface area contributed by atoms with Crippen molar-refractivity contribution in [1.29, 1.82) is 0 Å². The summed E-state index contributed by atoms with van der Waals surface area (Å²) < 4.78 is 23.3. The first-order chi connectivity index (χ1) is 18.4. The molecule has 0 atom stereocenters. The molecule has 0 radical (unpaired) electrons. The molecule has 38 heavy (non-hydrogen) atoms. The zero-order valence-corrected chi connectivity index (χ0v) is 22.0. The van der Waals surface area contributed by atoms with Crippen LogP contribution in [0.1, 0.15) is 22.3 Å². The molecule has 2 aromatic carbocycles. The lowest BCUT2D eigenvalue weighted by Crippen LogP contribution is -2.24. The van der Waals surface area contributed by atoms with Gasteiger partial charge in [-0.15, -0.1) is 11.3 Å². The fourth-order valence-corrected chi connectivity index (χ4v) is 5.51. The van der Waals surface area contributed by atoms with E-state index in [4.69, 9.17) is 18.9 Å². The van der Waals surface area contributed by atoms with E-state index in [0.29, 0.717) is 46.5 Å². The number of hydrogen-bond acceptors (Lipinski definition) is 8. The minimum absolute atomic E-state index is 0.00792. The van der Waals surface area contributed by atoms with E-state index in [0.717, 1.165) is 16.5 Å². The largest absolute Gasteiger partial charge is 0.495 e. The lowest BCUT2D eigenvalue weighted by molar-refractivity contribution is -0.116. The highest BCUT2D eigenvalue weighted by Gasteiger charge is 2.24. The number of benzene rings is 2. The second kappa shape index (κ2) is 10.6. The number of aromatic nitrogens is 1. The molecule has 0 saturated carbocycles. The van der Waals surface area contributed by atoms with Crippen molar-refractivity contribution in [1.82, 2.24) is 4.57 Å². The summed E-state index contributed by atoms with van der Waals surface area (Å²) in [6.07, 6.45) is 0.00792.